The Kier molecular flexibility index (Phi) is 5.09. The standard InChI is InChI=1S/C16H29N/c1-13-10-14(2)12-16(11-13)17-9-8-15-6-4-3-5-7-15/h6,13-14,16-17H,3-5,7-12H2,1-2H3. The molecule has 0 aromatic heterocycles. The van der Waals surface area contributed by atoms with Crippen molar-refractivity contribution in [2.24, 2.45) is 11.8 Å². The lowest BCUT2D eigenvalue weighted by molar-refractivity contribution is 0.240. The van der Waals surface area contributed by atoms with Crippen LogP contribution in [-0.4, -0.2) is 12.6 Å². The fourth-order valence-corrected chi connectivity index (χ4v) is 3.68. The zero-order chi connectivity index (χ0) is 12.1. The molecule has 98 valence electrons. The molecule has 2 rings (SSSR count). The highest BCUT2D eigenvalue weighted by molar-refractivity contribution is 5.05. The third kappa shape index (κ3) is 4.46. The first-order valence-electron chi connectivity index (χ1n) is 7.65. The van der Waals surface area contributed by atoms with Gasteiger partial charge < -0.3 is 5.32 Å². The van der Waals surface area contributed by atoms with Gasteiger partial charge in [0.15, 0.2) is 0 Å². The third-order valence-electron chi connectivity index (χ3n) is 4.44. The summed E-state index contributed by atoms with van der Waals surface area (Å²) in [7, 11) is 0. The molecule has 1 saturated carbocycles. The minimum atomic E-state index is 0.790. The molecule has 0 heterocycles. The van der Waals surface area contributed by atoms with Gasteiger partial charge >= 0.3 is 0 Å². The number of nitrogens with one attached hydrogen (secondary N) is 1. The number of rotatable bonds is 4. The Bertz CT molecular complexity index is 246. The summed E-state index contributed by atoms with van der Waals surface area (Å²) in [4.78, 5) is 0. The van der Waals surface area contributed by atoms with Crippen LogP contribution >= 0.6 is 0 Å². The van der Waals surface area contributed by atoms with Gasteiger partial charge in [0.2, 0.25) is 0 Å². The van der Waals surface area contributed by atoms with Gasteiger partial charge in [0.1, 0.15) is 0 Å². The number of hydrogen-bond donors (Lipinski definition) is 1. The largest absolute Gasteiger partial charge is 0.314 e. The second-order valence-electron chi connectivity index (χ2n) is 6.43. The second kappa shape index (κ2) is 6.58. The monoisotopic (exact) mass is 235 g/mol. The van der Waals surface area contributed by atoms with Crippen LogP contribution in [-0.2, 0) is 0 Å². The fraction of sp³-hybridized carbons (Fsp3) is 0.875. The molecule has 2 aliphatic rings. The average molecular weight is 235 g/mol. The van der Waals surface area contributed by atoms with Crippen LogP contribution in [0.15, 0.2) is 11.6 Å². The lowest BCUT2D eigenvalue weighted by Crippen LogP contribution is -2.36. The average Bonchev–Trinajstić information content (AvgIpc) is 2.29. The molecule has 1 heteroatoms. The normalized spacial score (nSPS) is 34.5. The number of hydrogen-bond acceptors (Lipinski definition) is 1. The highest BCUT2D eigenvalue weighted by Crippen LogP contribution is 2.28. The Morgan fingerprint density at radius 2 is 1.88 bits per heavy atom. The van der Waals surface area contributed by atoms with E-state index in [-0.39, 0.29) is 0 Å². The maximum absolute atomic E-state index is 3.79. The Balaban J connectivity index is 1.65. The molecular formula is C16H29N. The predicted octanol–water partition coefficient (Wildman–Crippen LogP) is 4.29. The second-order valence-corrected chi connectivity index (χ2v) is 6.43. The first kappa shape index (κ1) is 13.1. The molecule has 17 heavy (non-hydrogen) atoms. The molecule has 0 radical (unpaired) electrons. The van der Waals surface area contributed by atoms with Crippen LogP contribution in [0.3, 0.4) is 0 Å². The molecule has 1 nitrogen and oxygen atoms in total. The highest BCUT2D eigenvalue weighted by atomic mass is 14.9. The molecule has 0 amide bonds. The maximum Gasteiger partial charge on any atom is 0.00722 e. The lowest BCUT2D eigenvalue weighted by Gasteiger charge is -2.32. The van der Waals surface area contributed by atoms with Gasteiger partial charge in [-0.25, -0.2) is 0 Å². The molecule has 1 fully saturated rings. The van der Waals surface area contributed by atoms with Crippen molar-refractivity contribution >= 4 is 0 Å². The number of allylic oxidation sites excluding steroid dienone is 1. The third-order valence-corrected chi connectivity index (χ3v) is 4.44. The minimum Gasteiger partial charge on any atom is -0.314 e. The van der Waals surface area contributed by atoms with Crippen LogP contribution in [0, 0.1) is 11.8 Å². The van der Waals surface area contributed by atoms with Gasteiger partial charge in [0.25, 0.3) is 0 Å². The van der Waals surface area contributed by atoms with Crippen LogP contribution in [0.4, 0.5) is 0 Å². The quantitative estimate of drug-likeness (QED) is 0.717. The van der Waals surface area contributed by atoms with E-state index >= 15 is 0 Å². The van der Waals surface area contributed by atoms with E-state index in [4.69, 9.17) is 0 Å². The van der Waals surface area contributed by atoms with Crippen LogP contribution in [0.2, 0.25) is 0 Å². The summed E-state index contributed by atoms with van der Waals surface area (Å²) in [5, 5.41) is 3.79. The first-order chi connectivity index (χ1) is 8.24. The molecule has 0 saturated heterocycles. The van der Waals surface area contributed by atoms with Crippen molar-refractivity contribution < 1.29 is 0 Å². The zero-order valence-electron chi connectivity index (χ0n) is 11.7. The summed E-state index contributed by atoms with van der Waals surface area (Å²) in [5.74, 6) is 1.84. The molecule has 0 aliphatic heterocycles. The summed E-state index contributed by atoms with van der Waals surface area (Å²) in [6.07, 6.45) is 13.5. The molecule has 0 aromatic carbocycles. The SMILES string of the molecule is CC1CC(C)CC(NCCC2=CCCCC2)C1. The van der Waals surface area contributed by atoms with Gasteiger partial charge in [-0.2, -0.15) is 0 Å². The molecule has 0 spiro atoms. The summed E-state index contributed by atoms with van der Waals surface area (Å²) in [6, 6.07) is 0.790. The molecule has 2 unspecified atom stereocenters. The van der Waals surface area contributed by atoms with Gasteiger partial charge in [-0.1, -0.05) is 25.5 Å². The topological polar surface area (TPSA) is 12.0 Å². The Labute approximate surface area is 107 Å². The van der Waals surface area contributed by atoms with E-state index in [2.05, 4.69) is 25.2 Å². The van der Waals surface area contributed by atoms with Crippen molar-refractivity contribution in [2.45, 2.75) is 71.3 Å². The van der Waals surface area contributed by atoms with Crippen LogP contribution in [0.25, 0.3) is 0 Å². The van der Waals surface area contributed by atoms with Crippen LogP contribution in [0.1, 0.15) is 65.2 Å². The predicted molar refractivity (Wildman–Crippen MR) is 75.1 cm³/mol. The van der Waals surface area contributed by atoms with Crippen molar-refractivity contribution in [3.63, 3.8) is 0 Å². The van der Waals surface area contributed by atoms with Gasteiger partial charge in [-0.05, 0) is 69.7 Å². The van der Waals surface area contributed by atoms with Crippen molar-refractivity contribution in [3.05, 3.63) is 11.6 Å². The summed E-state index contributed by atoms with van der Waals surface area (Å²) in [6.45, 7) is 6.03. The summed E-state index contributed by atoms with van der Waals surface area (Å²) in [5.41, 5.74) is 1.71. The highest BCUT2D eigenvalue weighted by Gasteiger charge is 2.23. The Morgan fingerprint density at radius 3 is 2.53 bits per heavy atom. The fourth-order valence-electron chi connectivity index (χ4n) is 3.68. The van der Waals surface area contributed by atoms with Crippen molar-refractivity contribution in [1.82, 2.24) is 5.32 Å². The molecule has 2 atom stereocenters. The van der Waals surface area contributed by atoms with E-state index in [0.717, 1.165) is 17.9 Å². The van der Waals surface area contributed by atoms with Gasteiger partial charge in [-0.15, -0.1) is 0 Å². The molecule has 2 aliphatic carbocycles. The van der Waals surface area contributed by atoms with Crippen molar-refractivity contribution in [1.29, 1.82) is 0 Å². The van der Waals surface area contributed by atoms with E-state index in [1.165, 1.54) is 57.9 Å². The van der Waals surface area contributed by atoms with Crippen molar-refractivity contribution in [2.75, 3.05) is 6.54 Å². The molecular weight excluding hydrogens is 206 g/mol. The van der Waals surface area contributed by atoms with E-state index in [9.17, 15) is 0 Å². The van der Waals surface area contributed by atoms with Crippen molar-refractivity contribution in [3.8, 4) is 0 Å². The van der Waals surface area contributed by atoms with Gasteiger partial charge in [0.05, 0.1) is 0 Å². The van der Waals surface area contributed by atoms with Gasteiger partial charge in [0, 0.05) is 6.04 Å². The molecule has 0 bridgehead atoms. The maximum atomic E-state index is 3.79. The Morgan fingerprint density at radius 1 is 1.12 bits per heavy atom. The molecule has 1 N–H and O–H groups in total. The van der Waals surface area contributed by atoms with E-state index in [0.29, 0.717) is 0 Å². The van der Waals surface area contributed by atoms with Crippen LogP contribution < -0.4 is 5.32 Å². The summed E-state index contributed by atoms with van der Waals surface area (Å²) < 4.78 is 0. The Hall–Kier alpha value is -0.300. The van der Waals surface area contributed by atoms with E-state index < -0.39 is 0 Å². The zero-order valence-corrected chi connectivity index (χ0v) is 11.7. The summed E-state index contributed by atoms with van der Waals surface area (Å²) >= 11 is 0. The van der Waals surface area contributed by atoms with Gasteiger partial charge in [-0.3, -0.25) is 0 Å². The smallest absolute Gasteiger partial charge is 0.00722 e. The minimum absolute atomic E-state index is 0.790. The van der Waals surface area contributed by atoms with E-state index in [1.54, 1.807) is 5.57 Å². The lowest BCUT2D eigenvalue weighted by atomic mass is 9.80. The van der Waals surface area contributed by atoms with E-state index in [1.807, 2.05) is 0 Å². The first-order valence-corrected chi connectivity index (χ1v) is 7.65. The molecule has 0 aromatic rings. The van der Waals surface area contributed by atoms with Crippen LogP contribution in [0.5, 0.6) is 0 Å².